The molecule has 122 valence electrons. The van der Waals surface area contributed by atoms with Crippen LogP contribution < -0.4 is 5.32 Å². The Bertz CT molecular complexity index is 469. The molecule has 1 aliphatic heterocycles. The maximum Gasteiger partial charge on any atom is 0.318 e. The molecule has 1 N–H and O–H groups in total. The molecular formula is C15H23N3O4. The van der Waals surface area contributed by atoms with E-state index in [9.17, 15) is 9.59 Å². The van der Waals surface area contributed by atoms with Gasteiger partial charge in [-0.2, -0.15) is 0 Å². The number of rotatable bonds is 7. The van der Waals surface area contributed by atoms with E-state index in [0.717, 1.165) is 25.9 Å². The van der Waals surface area contributed by atoms with Crippen LogP contribution in [0.1, 0.15) is 18.6 Å². The van der Waals surface area contributed by atoms with Gasteiger partial charge in [-0.15, -0.1) is 0 Å². The Hall–Kier alpha value is -2.02. The molecule has 3 amide bonds. The largest absolute Gasteiger partial charge is 0.467 e. The average Bonchev–Trinajstić information content (AvgIpc) is 3.21. The topological polar surface area (TPSA) is 75.0 Å². The molecule has 0 radical (unpaired) electrons. The molecule has 0 aromatic carbocycles. The van der Waals surface area contributed by atoms with Crippen LogP contribution >= 0.6 is 0 Å². The van der Waals surface area contributed by atoms with Gasteiger partial charge in [0.2, 0.25) is 5.91 Å². The third-order valence-corrected chi connectivity index (χ3v) is 3.63. The molecular weight excluding hydrogens is 286 g/mol. The average molecular weight is 309 g/mol. The highest BCUT2D eigenvalue weighted by Crippen LogP contribution is 2.08. The first-order valence-electron chi connectivity index (χ1n) is 7.52. The predicted octanol–water partition coefficient (Wildman–Crippen LogP) is 1.06. The van der Waals surface area contributed by atoms with Crippen molar-refractivity contribution in [3.8, 4) is 0 Å². The van der Waals surface area contributed by atoms with Gasteiger partial charge in [0.15, 0.2) is 0 Å². The fourth-order valence-electron chi connectivity index (χ4n) is 2.39. The maximum absolute atomic E-state index is 12.2. The molecule has 0 spiro atoms. The van der Waals surface area contributed by atoms with Crippen molar-refractivity contribution in [2.45, 2.75) is 19.4 Å². The summed E-state index contributed by atoms with van der Waals surface area (Å²) < 4.78 is 10.3. The molecule has 2 heterocycles. The number of furan rings is 1. The van der Waals surface area contributed by atoms with Crippen molar-refractivity contribution in [2.75, 3.05) is 39.9 Å². The van der Waals surface area contributed by atoms with Crippen LogP contribution in [0.4, 0.5) is 4.79 Å². The maximum atomic E-state index is 12.2. The zero-order valence-corrected chi connectivity index (χ0v) is 12.9. The number of ether oxygens (including phenoxy) is 1. The second kappa shape index (κ2) is 8.43. The molecule has 0 unspecified atom stereocenters. The lowest BCUT2D eigenvalue weighted by molar-refractivity contribution is -0.129. The number of carbonyl (C=O) groups is 2. The van der Waals surface area contributed by atoms with Gasteiger partial charge in [0.1, 0.15) is 5.76 Å². The van der Waals surface area contributed by atoms with Gasteiger partial charge in [0.05, 0.1) is 26.0 Å². The van der Waals surface area contributed by atoms with Crippen molar-refractivity contribution >= 4 is 11.9 Å². The number of hydrogen-bond acceptors (Lipinski definition) is 4. The second-order valence-corrected chi connectivity index (χ2v) is 5.24. The Morgan fingerprint density at radius 1 is 1.41 bits per heavy atom. The lowest BCUT2D eigenvalue weighted by Gasteiger charge is -2.22. The van der Waals surface area contributed by atoms with Crippen molar-refractivity contribution in [1.29, 1.82) is 0 Å². The smallest absolute Gasteiger partial charge is 0.318 e. The molecule has 0 saturated carbocycles. The number of nitrogens with zero attached hydrogens (tertiary/aromatic N) is 2. The number of likely N-dealkylation sites (tertiary alicyclic amines) is 1. The first-order valence-corrected chi connectivity index (χ1v) is 7.52. The van der Waals surface area contributed by atoms with Crippen LogP contribution in [0.5, 0.6) is 0 Å². The summed E-state index contributed by atoms with van der Waals surface area (Å²) >= 11 is 0. The van der Waals surface area contributed by atoms with E-state index in [0.29, 0.717) is 25.5 Å². The monoisotopic (exact) mass is 309 g/mol. The Balaban J connectivity index is 1.83. The summed E-state index contributed by atoms with van der Waals surface area (Å²) in [6, 6.07) is 3.29. The fraction of sp³-hybridized carbons (Fsp3) is 0.600. The molecule has 0 bridgehead atoms. The van der Waals surface area contributed by atoms with Gasteiger partial charge in [0.25, 0.3) is 0 Å². The SMILES string of the molecule is COCCN(Cc1ccco1)C(=O)NCC(=O)N1CCCC1. The van der Waals surface area contributed by atoms with Gasteiger partial charge >= 0.3 is 6.03 Å². The van der Waals surface area contributed by atoms with Gasteiger partial charge in [-0.05, 0) is 25.0 Å². The molecule has 1 aromatic rings. The second-order valence-electron chi connectivity index (χ2n) is 5.24. The van der Waals surface area contributed by atoms with Crippen LogP contribution in [0.3, 0.4) is 0 Å². The van der Waals surface area contributed by atoms with E-state index in [-0.39, 0.29) is 18.5 Å². The van der Waals surface area contributed by atoms with E-state index in [1.807, 2.05) is 6.07 Å². The minimum Gasteiger partial charge on any atom is -0.467 e. The molecule has 0 atom stereocenters. The Labute approximate surface area is 130 Å². The Morgan fingerprint density at radius 3 is 2.82 bits per heavy atom. The summed E-state index contributed by atoms with van der Waals surface area (Å²) in [6.07, 6.45) is 3.65. The number of hydrogen-bond donors (Lipinski definition) is 1. The highest BCUT2D eigenvalue weighted by atomic mass is 16.5. The minimum atomic E-state index is -0.291. The number of carbonyl (C=O) groups excluding carboxylic acids is 2. The van der Waals surface area contributed by atoms with E-state index in [4.69, 9.17) is 9.15 Å². The van der Waals surface area contributed by atoms with Crippen molar-refractivity contribution in [1.82, 2.24) is 15.1 Å². The van der Waals surface area contributed by atoms with Crippen molar-refractivity contribution in [2.24, 2.45) is 0 Å². The zero-order chi connectivity index (χ0) is 15.8. The predicted molar refractivity (Wildman–Crippen MR) is 80.2 cm³/mol. The first kappa shape index (κ1) is 16.4. The van der Waals surface area contributed by atoms with E-state index < -0.39 is 0 Å². The summed E-state index contributed by atoms with van der Waals surface area (Å²) in [5, 5.41) is 2.68. The molecule has 0 aliphatic carbocycles. The third kappa shape index (κ3) is 4.77. The summed E-state index contributed by atoms with van der Waals surface area (Å²) in [5.41, 5.74) is 0. The van der Waals surface area contributed by atoms with Crippen molar-refractivity contribution < 1.29 is 18.7 Å². The number of nitrogens with one attached hydrogen (secondary N) is 1. The molecule has 22 heavy (non-hydrogen) atoms. The van der Waals surface area contributed by atoms with E-state index >= 15 is 0 Å². The van der Waals surface area contributed by atoms with Crippen molar-refractivity contribution in [3.05, 3.63) is 24.2 Å². The van der Waals surface area contributed by atoms with E-state index in [1.54, 1.807) is 29.2 Å². The highest BCUT2D eigenvalue weighted by Gasteiger charge is 2.20. The van der Waals surface area contributed by atoms with Crippen LogP contribution in [0.2, 0.25) is 0 Å². The molecule has 1 aromatic heterocycles. The van der Waals surface area contributed by atoms with Gasteiger partial charge in [0, 0.05) is 26.7 Å². The number of urea groups is 1. The van der Waals surface area contributed by atoms with Crippen LogP contribution in [0.15, 0.2) is 22.8 Å². The molecule has 1 aliphatic rings. The molecule has 1 fully saturated rings. The van der Waals surface area contributed by atoms with Crippen molar-refractivity contribution in [3.63, 3.8) is 0 Å². The fourth-order valence-corrected chi connectivity index (χ4v) is 2.39. The summed E-state index contributed by atoms with van der Waals surface area (Å²) in [7, 11) is 1.58. The molecule has 7 nitrogen and oxygen atoms in total. The molecule has 2 rings (SSSR count). The summed E-state index contributed by atoms with van der Waals surface area (Å²) in [6.45, 7) is 2.80. The minimum absolute atomic E-state index is 0.0282. The number of amides is 3. The summed E-state index contributed by atoms with van der Waals surface area (Å²) in [4.78, 5) is 27.5. The normalized spacial score (nSPS) is 14.1. The van der Waals surface area contributed by atoms with Crippen LogP contribution in [-0.2, 0) is 16.1 Å². The van der Waals surface area contributed by atoms with Crippen LogP contribution in [-0.4, -0.2) is 61.6 Å². The lowest BCUT2D eigenvalue weighted by atomic mass is 10.4. The van der Waals surface area contributed by atoms with E-state index in [2.05, 4.69) is 5.32 Å². The quantitative estimate of drug-likeness (QED) is 0.817. The lowest BCUT2D eigenvalue weighted by Crippen LogP contribution is -2.45. The van der Waals surface area contributed by atoms with Gasteiger partial charge in [-0.3, -0.25) is 4.79 Å². The number of methoxy groups -OCH3 is 1. The molecule has 1 saturated heterocycles. The van der Waals surface area contributed by atoms with Gasteiger partial charge < -0.3 is 24.3 Å². The van der Waals surface area contributed by atoms with E-state index in [1.165, 1.54) is 0 Å². The first-order chi connectivity index (χ1) is 10.7. The summed E-state index contributed by atoms with van der Waals surface area (Å²) in [5.74, 6) is 0.660. The standard InChI is InChI=1S/C15H23N3O4/c1-21-10-8-18(12-13-5-4-9-22-13)15(20)16-11-14(19)17-6-2-3-7-17/h4-5,9H,2-3,6-8,10-12H2,1H3,(H,16,20). The molecule has 7 heteroatoms. The zero-order valence-electron chi connectivity index (χ0n) is 12.9. The highest BCUT2D eigenvalue weighted by molar-refractivity contribution is 5.84. The third-order valence-electron chi connectivity index (χ3n) is 3.63. The Morgan fingerprint density at radius 2 is 2.18 bits per heavy atom. The van der Waals surface area contributed by atoms with Gasteiger partial charge in [-0.1, -0.05) is 0 Å². The van der Waals surface area contributed by atoms with Gasteiger partial charge in [-0.25, -0.2) is 4.79 Å². The van der Waals surface area contributed by atoms with Crippen LogP contribution in [0.25, 0.3) is 0 Å². The van der Waals surface area contributed by atoms with Crippen LogP contribution in [0, 0.1) is 0 Å². The Kier molecular flexibility index (Phi) is 6.27.